The molecule has 0 amide bonds. The van der Waals surface area contributed by atoms with Gasteiger partial charge in [-0.05, 0) is 88.6 Å². The number of aromatic nitrogens is 1. The molecule has 0 saturated carbocycles. The first-order chi connectivity index (χ1) is 31.2. The van der Waals surface area contributed by atoms with Crippen LogP contribution in [0.3, 0.4) is 0 Å². The Bertz CT molecular complexity index is 2290. The molecule has 0 bridgehead atoms. The van der Waals surface area contributed by atoms with E-state index in [1.54, 1.807) is 0 Å². The van der Waals surface area contributed by atoms with E-state index in [1.165, 1.54) is 43.4 Å². The number of aliphatic hydroxyl groups excluding tert-OH is 4. The van der Waals surface area contributed by atoms with E-state index < -0.39 is 114 Å². The predicted octanol–water partition coefficient (Wildman–Crippen LogP) is 6.43. The fourth-order valence-corrected chi connectivity index (χ4v) is 8.70. The van der Waals surface area contributed by atoms with Crippen molar-refractivity contribution in [3.05, 3.63) is 99.6 Å². The maximum atomic E-state index is 14.5. The average molecular weight is 939 g/mol. The molecule has 1 fully saturated rings. The molecule has 2 aliphatic heterocycles. The van der Waals surface area contributed by atoms with Crippen LogP contribution in [0.4, 0.5) is 10.5 Å². The van der Waals surface area contributed by atoms with Gasteiger partial charge in [0.1, 0.15) is 49.5 Å². The number of fused-ring (bicyclic) bond motifs is 1. The second-order valence-electron chi connectivity index (χ2n) is 17.1. The average Bonchev–Trinajstić information content (AvgIpc) is 3.66. The Labute approximate surface area is 386 Å². The lowest BCUT2D eigenvalue weighted by atomic mass is 9.71. The Hall–Kier alpha value is -5.57. The van der Waals surface area contributed by atoms with Crippen molar-refractivity contribution in [1.29, 1.82) is 0 Å². The van der Waals surface area contributed by atoms with Gasteiger partial charge >= 0.3 is 23.8 Å². The molecule has 1 saturated heterocycles. The van der Waals surface area contributed by atoms with Crippen LogP contribution in [0.1, 0.15) is 88.5 Å². The number of carbonyl (C=O) groups is 4. The third-order valence-corrected chi connectivity index (χ3v) is 12.8. The van der Waals surface area contributed by atoms with Crippen LogP contribution < -0.4 is 4.74 Å². The molecule has 4 N–H and O–H groups in total. The van der Waals surface area contributed by atoms with Gasteiger partial charge in [-0.3, -0.25) is 19.7 Å². The molecular formula is C47H58N2O16S. The minimum atomic E-state index is -1.97. The number of carbonyl (C=O) groups excluding carboxylic acids is 4. The Morgan fingerprint density at radius 2 is 1.76 bits per heavy atom. The molecule has 3 heterocycles. The number of allylic oxidation sites excluding steroid dienone is 2. The molecule has 2 aromatic carbocycles. The summed E-state index contributed by atoms with van der Waals surface area (Å²) in [4.78, 5) is 70.4. The fraction of sp³-hybridized carbons (Fsp3) is 0.511. The van der Waals surface area contributed by atoms with Crippen molar-refractivity contribution < 1.29 is 72.9 Å². The molecule has 3 aromatic rings. The first kappa shape index (κ1) is 51.4. The zero-order chi connectivity index (χ0) is 48.5. The lowest BCUT2D eigenvalue weighted by molar-refractivity contribution is -0.387. The van der Waals surface area contributed by atoms with E-state index in [0.717, 1.165) is 45.8 Å². The highest BCUT2D eigenvalue weighted by Gasteiger charge is 2.50. The molecule has 0 radical (unpaired) electrons. The van der Waals surface area contributed by atoms with E-state index >= 15 is 0 Å². The predicted molar refractivity (Wildman–Crippen MR) is 239 cm³/mol. The maximum Gasteiger partial charge on any atom is 0.508 e. The van der Waals surface area contributed by atoms with Gasteiger partial charge in [-0.25, -0.2) is 14.6 Å². The van der Waals surface area contributed by atoms with Crippen molar-refractivity contribution in [2.24, 2.45) is 17.3 Å². The Kier molecular flexibility index (Phi) is 17.7. The molecule has 2 aliphatic rings. The number of nitro groups is 1. The van der Waals surface area contributed by atoms with Crippen molar-refractivity contribution in [2.45, 2.75) is 129 Å². The van der Waals surface area contributed by atoms with Crippen LogP contribution in [0.5, 0.6) is 5.75 Å². The lowest BCUT2D eigenvalue weighted by Gasteiger charge is -2.38. The molecular weight excluding hydrogens is 881 g/mol. The normalized spacial score (nSPS) is 28.5. The number of Topliss-reactive ketones (excluding diaryl/α,β-unsaturated/α-hetero) is 1. The Balaban J connectivity index is 1.39. The van der Waals surface area contributed by atoms with Crippen molar-refractivity contribution >= 4 is 51.1 Å². The second kappa shape index (κ2) is 22.8. The monoisotopic (exact) mass is 938 g/mol. The summed E-state index contributed by atoms with van der Waals surface area (Å²) in [5.41, 5.74) is 0.230. The van der Waals surface area contributed by atoms with E-state index in [-0.39, 0.29) is 24.5 Å². The summed E-state index contributed by atoms with van der Waals surface area (Å²) in [5, 5.41) is 55.9. The zero-order valence-corrected chi connectivity index (χ0v) is 38.3. The molecule has 358 valence electrons. The van der Waals surface area contributed by atoms with Crippen LogP contribution in [-0.2, 0) is 44.7 Å². The van der Waals surface area contributed by atoms with Crippen LogP contribution in [0.2, 0.25) is 0 Å². The van der Waals surface area contributed by atoms with Gasteiger partial charge in [0, 0.05) is 18.4 Å². The van der Waals surface area contributed by atoms with Gasteiger partial charge in [0.25, 0.3) is 0 Å². The van der Waals surface area contributed by atoms with Crippen LogP contribution in [-0.4, -0.2) is 104 Å². The quantitative estimate of drug-likeness (QED) is 0.0501. The van der Waals surface area contributed by atoms with Crippen LogP contribution in [0, 0.1) is 34.3 Å². The number of cyclic esters (lactones) is 1. The Morgan fingerprint density at radius 1 is 1.02 bits per heavy atom. The Morgan fingerprint density at radius 3 is 2.45 bits per heavy atom. The van der Waals surface area contributed by atoms with E-state index in [1.807, 2.05) is 45.0 Å². The van der Waals surface area contributed by atoms with Crippen molar-refractivity contribution in [3.63, 3.8) is 0 Å². The van der Waals surface area contributed by atoms with Crippen LogP contribution >= 0.6 is 11.3 Å². The van der Waals surface area contributed by atoms with Crippen LogP contribution in [0.15, 0.2) is 73.4 Å². The van der Waals surface area contributed by atoms with Gasteiger partial charge in [-0.15, -0.1) is 17.9 Å². The number of nitrogens with zero attached hydrogens (tertiary/aromatic N) is 2. The largest absolute Gasteiger partial charge is 0.508 e. The summed E-state index contributed by atoms with van der Waals surface area (Å²) in [6, 6.07) is 8.99. The number of aliphatic hydroxyl groups is 4. The van der Waals surface area contributed by atoms with Crippen molar-refractivity contribution in [2.75, 3.05) is 6.61 Å². The molecule has 10 atom stereocenters. The second-order valence-corrected chi connectivity index (χ2v) is 18.4. The summed E-state index contributed by atoms with van der Waals surface area (Å²) in [5.74, 6) is -4.15. The third-order valence-electron chi connectivity index (χ3n) is 11.8. The topological polar surface area (TPSA) is 261 Å². The highest BCUT2D eigenvalue weighted by Crippen LogP contribution is 2.38. The molecule has 19 heteroatoms. The molecule has 66 heavy (non-hydrogen) atoms. The smallest absolute Gasteiger partial charge is 0.459 e. The molecule has 18 nitrogen and oxygen atoms in total. The van der Waals surface area contributed by atoms with Gasteiger partial charge in [-0.2, -0.15) is 0 Å². The number of ether oxygens (including phenoxy) is 6. The number of aryl methyl sites for hydroxylation is 1. The van der Waals surface area contributed by atoms with E-state index in [0.29, 0.717) is 18.4 Å². The molecule has 1 aromatic heterocycles. The first-order valence-corrected chi connectivity index (χ1v) is 22.4. The zero-order valence-electron chi connectivity index (χ0n) is 37.5. The van der Waals surface area contributed by atoms with E-state index in [2.05, 4.69) is 18.1 Å². The molecule has 0 unspecified atom stereocenters. The fourth-order valence-electron chi connectivity index (χ4n) is 7.89. The number of nitro benzene ring substituents is 1. The number of thiazole rings is 1. The number of rotatable bonds is 12. The third kappa shape index (κ3) is 12.6. The lowest BCUT2D eigenvalue weighted by Crippen LogP contribution is -2.61. The van der Waals surface area contributed by atoms with Gasteiger partial charge in [0.15, 0.2) is 11.9 Å². The van der Waals surface area contributed by atoms with Gasteiger partial charge in [-0.1, -0.05) is 49.4 Å². The molecule has 0 aliphatic carbocycles. The number of hydrogen-bond acceptors (Lipinski definition) is 18. The van der Waals surface area contributed by atoms with Crippen molar-refractivity contribution in [1.82, 2.24) is 4.98 Å². The number of esters is 2. The minimum absolute atomic E-state index is 0.0480. The molecule has 5 rings (SSSR count). The number of ketones is 1. The van der Waals surface area contributed by atoms with Crippen molar-refractivity contribution in [3.8, 4) is 5.75 Å². The molecule has 0 spiro atoms. The number of hydrogen-bond donors (Lipinski definition) is 4. The maximum absolute atomic E-state index is 14.5. The highest BCUT2D eigenvalue weighted by molar-refractivity contribution is 7.18. The van der Waals surface area contributed by atoms with E-state index in [9.17, 15) is 49.7 Å². The SMILES string of the molecule is C=CCOC(=O)[C@H]1O[C@@H](Oc2ccc(COC(=O)O[C@H]3CC(=O)O[C@H](c4ccc5sc(C)nc5c4)C/C=C(/C)CCC[C@H](C)[C@H](O)[C@@H](CC=C)C(=O)C3(C)C)cc2[N+](=O)[O-])[C@H](O)[C@@H](O)[C@@H]1O. The number of benzene rings is 2. The van der Waals surface area contributed by atoms with Crippen LogP contribution in [0.25, 0.3) is 10.2 Å². The minimum Gasteiger partial charge on any atom is -0.459 e. The highest BCUT2D eigenvalue weighted by atomic mass is 32.1. The standard InChI is InChI=1S/C47H58N2O16S/c1-8-11-30-38(51)26(4)13-10-12-25(3)14-17-33(29-16-19-35-31(22-29)48-27(5)66-35)62-37(50)23-36(47(6,7)43(30)55)64-46(57)61-24-28-15-18-34(32(21-28)49(58)59)63-45-41(54)39(52)40(53)42(65-45)44(56)60-20-9-2/h8-9,14-16,18-19,21-22,26,30,33,36,38-42,45,51-54H,1-2,10-13,17,20,23-24H2,3-7H3/b25-14-/t26-,30+,33-,36-,38-,39-,40-,41+,42-,45+/m0/s1. The summed E-state index contributed by atoms with van der Waals surface area (Å²) in [7, 11) is 0. The van der Waals surface area contributed by atoms with Gasteiger partial charge in [0.2, 0.25) is 6.29 Å². The van der Waals surface area contributed by atoms with Gasteiger partial charge < -0.3 is 48.8 Å². The summed E-state index contributed by atoms with van der Waals surface area (Å²) in [6.45, 7) is 15.1. The van der Waals surface area contributed by atoms with E-state index in [4.69, 9.17) is 28.4 Å². The summed E-state index contributed by atoms with van der Waals surface area (Å²) < 4.78 is 34.0. The summed E-state index contributed by atoms with van der Waals surface area (Å²) in [6.07, 6.45) is -7.58. The van der Waals surface area contributed by atoms with Gasteiger partial charge in [0.05, 0.1) is 38.1 Å². The first-order valence-electron chi connectivity index (χ1n) is 21.6. The summed E-state index contributed by atoms with van der Waals surface area (Å²) >= 11 is 1.53.